The first kappa shape index (κ1) is 44.1. The normalized spacial score (nSPS) is 13.1. The number of Topliss-reactive ketones (excluding diaryl/α,β-unsaturated/α-hetero) is 1. The first-order valence-electron chi connectivity index (χ1n) is 19.7. The molecular formula is C42H61N7O7. The average Bonchev–Trinajstić information content (AvgIpc) is 3.56. The van der Waals surface area contributed by atoms with E-state index in [0.717, 1.165) is 29.5 Å². The van der Waals surface area contributed by atoms with Crippen LogP contribution >= 0.6 is 0 Å². The van der Waals surface area contributed by atoms with Gasteiger partial charge in [-0.2, -0.15) is 0 Å². The van der Waals surface area contributed by atoms with E-state index in [1.807, 2.05) is 69.3 Å². The molecule has 1 unspecified atom stereocenters. The predicted molar refractivity (Wildman–Crippen MR) is 216 cm³/mol. The van der Waals surface area contributed by atoms with Gasteiger partial charge in [0.15, 0.2) is 5.78 Å². The minimum Gasteiger partial charge on any atom is -0.448 e. The molecule has 0 spiro atoms. The number of para-hydroxylation sites is 1. The second kappa shape index (κ2) is 21.0. The lowest BCUT2D eigenvalue weighted by Crippen LogP contribution is -2.50. The van der Waals surface area contributed by atoms with Crippen LogP contribution < -0.4 is 20.9 Å². The van der Waals surface area contributed by atoms with Crippen molar-refractivity contribution in [3.8, 4) is 22.5 Å². The zero-order chi connectivity index (χ0) is 40.7. The molecule has 3 amide bonds. The number of rotatable bonds is 20. The number of aromatic nitrogens is 3. The van der Waals surface area contributed by atoms with Gasteiger partial charge >= 0.3 is 6.09 Å². The van der Waals surface area contributed by atoms with E-state index in [0.29, 0.717) is 69.4 Å². The van der Waals surface area contributed by atoms with Crippen molar-refractivity contribution in [2.75, 3.05) is 51.5 Å². The summed E-state index contributed by atoms with van der Waals surface area (Å²) in [5.41, 5.74) is 3.86. The highest BCUT2D eigenvalue weighted by Crippen LogP contribution is 2.41. The fourth-order valence-electron chi connectivity index (χ4n) is 6.56. The summed E-state index contributed by atoms with van der Waals surface area (Å²) < 4.78 is 17.8. The van der Waals surface area contributed by atoms with Crippen LogP contribution in [0.2, 0.25) is 0 Å². The standard InChI is InChI=1S/C42H61N7O7/c1-41(2,3)39(52)33(45-42(4,5)6)18-12-13-22-44-40(53)56-28-24-49-38-32-17-10-11-19-34(32)48(29-30-15-8-9-16-31(30)37(38)46-47-49)36(51)21-20-35(50)43-23-27-55-26-14-25-54-7/h8-11,15-17,19,33,45H,12-14,18,20-29H2,1-7H3,(H,43,50)(H,44,53). The second-order valence-corrected chi connectivity index (χ2v) is 16.1. The number of alkyl carbamates (subject to hydrolysis) is 1. The second-order valence-electron chi connectivity index (χ2n) is 16.1. The summed E-state index contributed by atoms with van der Waals surface area (Å²) in [7, 11) is 1.64. The van der Waals surface area contributed by atoms with Gasteiger partial charge in [-0.1, -0.05) is 68.4 Å². The monoisotopic (exact) mass is 775 g/mol. The van der Waals surface area contributed by atoms with Crippen molar-refractivity contribution in [3.63, 3.8) is 0 Å². The van der Waals surface area contributed by atoms with E-state index in [1.54, 1.807) is 16.7 Å². The summed E-state index contributed by atoms with van der Waals surface area (Å²) in [6.45, 7) is 14.9. The molecule has 306 valence electrons. The number of anilines is 1. The number of nitrogens with one attached hydrogen (secondary N) is 3. The molecule has 0 aliphatic carbocycles. The lowest BCUT2D eigenvalue weighted by molar-refractivity contribution is -0.129. The van der Waals surface area contributed by atoms with Gasteiger partial charge in [-0.05, 0) is 58.1 Å². The molecule has 3 N–H and O–H groups in total. The van der Waals surface area contributed by atoms with Crippen LogP contribution in [0.15, 0.2) is 48.5 Å². The van der Waals surface area contributed by atoms with Gasteiger partial charge < -0.3 is 35.1 Å². The number of amides is 3. The molecule has 3 aromatic rings. The highest BCUT2D eigenvalue weighted by Gasteiger charge is 2.32. The third-order valence-corrected chi connectivity index (χ3v) is 9.25. The Morgan fingerprint density at radius 2 is 1.55 bits per heavy atom. The summed E-state index contributed by atoms with van der Waals surface area (Å²) in [6, 6.07) is 15.1. The smallest absolute Gasteiger partial charge is 0.407 e. The Morgan fingerprint density at radius 3 is 2.29 bits per heavy atom. The number of ether oxygens (including phenoxy) is 3. The van der Waals surface area contributed by atoms with Crippen molar-refractivity contribution in [1.29, 1.82) is 0 Å². The number of ketones is 1. The van der Waals surface area contributed by atoms with Crippen molar-refractivity contribution in [2.24, 2.45) is 5.41 Å². The van der Waals surface area contributed by atoms with Crippen molar-refractivity contribution in [3.05, 3.63) is 54.1 Å². The number of benzene rings is 2. The first-order chi connectivity index (χ1) is 26.7. The van der Waals surface area contributed by atoms with Gasteiger partial charge in [0.1, 0.15) is 12.3 Å². The number of nitrogens with zero attached hydrogens (tertiary/aromatic N) is 4. The number of fused-ring (bicyclic) bond motifs is 5. The Balaban J connectivity index is 1.37. The summed E-state index contributed by atoms with van der Waals surface area (Å²) in [5, 5.41) is 18.1. The topological polar surface area (TPSA) is 166 Å². The van der Waals surface area contributed by atoms with E-state index >= 15 is 0 Å². The number of hydrogen-bond donors (Lipinski definition) is 3. The zero-order valence-electron chi connectivity index (χ0n) is 34.2. The summed E-state index contributed by atoms with van der Waals surface area (Å²) in [4.78, 5) is 53.9. The van der Waals surface area contributed by atoms with Crippen LogP contribution in [0.5, 0.6) is 0 Å². The minimum absolute atomic E-state index is 0.0216. The summed E-state index contributed by atoms with van der Waals surface area (Å²) >= 11 is 0. The van der Waals surface area contributed by atoms with Gasteiger partial charge in [0.2, 0.25) is 11.8 Å². The van der Waals surface area contributed by atoms with Crippen LogP contribution in [0.25, 0.3) is 22.5 Å². The Bertz CT molecular complexity index is 1760. The maximum Gasteiger partial charge on any atom is 0.407 e. The maximum atomic E-state index is 13.9. The molecule has 0 bridgehead atoms. The van der Waals surface area contributed by atoms with Crippen molar-refractivity contribution in [1.82, 2.24) is 30.9 Å². The van der Waals surface area contributed by atoms with Gasteiger partial charge in [0, 0.05) is 68.3 Å². The highest BCUT2D eigenvalue weighted by atomic mass is 16.5. The van der Waals surface area contributed by atoms with Gasteiger partial charge in [0.25, 0.3) is 0 Å². The fourth-order valence-corrected chi connectivity index (χ4v) is 6.56. The van der Waals surface area contributed by atoms with Gasteiger partial charge in [0.05, 0.1) is 37.1 Å². The zero-order valence-corrected chi connectivity index (χ0v) is 34.2. The van der Waals surface area contributed by atoms with Crippen LogP contribution in [-0.2, 0) is 41.7 Å². The van der Waals surface area contributed by atoms with Crippen molar-refractivity contribution >= 4 is 29.4 Å². The molecule has 1 aromatic heterocycles. The third kappa shape index (κ3) is 13.2. The molecule has 0 saturated carbocycles. The van der Waals surface area contributed by atoms with Crippen LogP contribution in [0.4, 0.5) is 10.5 Å². The summed E-state index contributed by atoms with van der Waals surface area (Å²) in [6.07, 6.45) is 2.45. The molecule has 14 nitrogen and oxygen atoms in total. The van der Waals surface area contributed by atoms with Gasteiger partial charge in [-0.25, -0.2) is 9.48 Å². The predicted octanol–water partition coefficient (Wildman–Crippen LogP) is 5.68. The number of carbonyl (C=O) groups is 4. The molecule has 1 aliphatic heterocycles. The van der Waals surface area contributed by atoms with E-state index < -0.39 is 11.5 Å². The molecule has 1 aliphatic rings. The largest absolute Gasteiger partial charge is 0.448 e. The fraction of sp³-hybridized carbons (Fsp3) is 0.571. The molecule has 0 radical (unpaired) electrons. The summed E-state index contributed by atoms with van der Waals surface area (Å²) in [5.74, 6) is -0.232. The Morgan fingerprint density at radius 1 is 0.821 bits per heavy atom. The van der Waals surface area contributed by atoms with E-state index in [2.05, 4.69) is 47.0 Å². The van der Waals surface area contributed by atoms with Crippen LogP contribution in [0, 0.1) is 5.41 Å². The van der Waals surface area contributed by atoms with Crippen molar-refractivity contribution in [2.45, 2.75) is 105 Å². The molecule has 4 rings (SSSR count). The van der Waals surface area contributed by atoms with Gasteiger partial charge in [-0.15, -0.1) is 5.10 Å². The molecular weight excluding hydrogens is 715 g/mol. The third-order valence-electron chi connectivity index (χ3n) is 9.25. The minimum atomic E-state index is -0.538. The van der Waals surface area contributed by atoms with Crippen molar-refractivity contribution < 1.29 is 33.4 Å². The quantitative estimate of drug-likeness (QED) is 0.122. The van der Waals surface area contributed by atoms with Crippen LogP contribution in [-0.4, -0.2) is 96.9 Å². The van der Waals surface area contributed by atoms with Gasteiger partial charge in [-0.3, -0.25) is 14.4 Å². The number of unbranched alkanes of at least 4 members (excludes halogenated alkanes) is 1. The molecule has 0 fully saturated rings. The maximum absolute atomic E-state index is 13.9. The number of carbonyl (C=O) groups excluding carboxylic acids is 4. The average molecular weight is 776 g/mol. The molecule has 2 aromatic carbocycles. The first-order valence-corrected chi connectivity index (χ1v) is 19.7. The van der Waals surface area contributed by atoms with E-state index in [1.165, 1.54) is 0 Å². The Kier molecular flexibility index (Phi) is 16.5. The molecule has 14 heteroatoms. The van der Waals surface area contributed by atoms with E-state index in [4.69, 9.17) is 14.2 Å². The number of methoxy groups -OCH3 is 1. The molecule has 1 atom stereocenters. The Labute approximate surface area is 331 Å². The molecule has 56 heavy (non-hydrogen) atoms. The Hall–Kier alpha value is -4.66. The van der Waals surface area contributed by atoms with Crippen LogP contribution in [0.1, 0.15) is 85.6 Å². The van der Waals surface area contributed by atoms with Crippen LogP contribution in [0.3, 0.4) is 0 Å². The number of hydrogen-bond acceptors (Lipinski definition) is 10. The molecule has 2 heterocycles. The molecule has 0 saturated heterocycles. The SMILES string of the molecule is COCCCOCCNC(=O)CCC(=O)N1Cc2ccccc2-c2nnn(CCOC(=O)NCCCCC(NC(C)(C)C)C(=O)C(C)(C)C)c2-c2ccccc21. The highest BCUT2D eigenvalue weighted by molar-refractivity contribution is 6.01. The van der Waals surface area contributed by atoms with E-state index in [9.17, 15) is 19.2 Å². The lowest BCUT2D eigenvalue weighted by atomic mass is 9.84. The lowest BCUT2D eigenvalue weighted by Gasteiger charge is -2.31. The van der Waals surface area contributed by atoms with E-state index in [-0.39, 0.29) is 55.2 Å².